The molecule has 0 unspecified atom stereocenters. The van der Waals surface area contributed by atoms with Crippen LogP contribution in [0.1, 0.15) is 18.1 Å². The van der Waals surface area contributed by atoms with E-state index in [0.29, 0.717) is 13.0 Å². The number of nitrogens with two attached hydrogens (primary N) is 1. The molecule has 0 bridgehead atoms. The highest BCUT2D eigenvalue weighted by atomic mass is 19.3. The monoisotopic (exact) mass is 231 g/mol. The van der Waals surface area contributed by atoms with Crippen molar-refractivity contribution in [3.8, 4) is 5.75 Å². The molecule has 0 aliphatic carbocycles. The van der Waals surface area contributed by atoms with E-state index in [2.05, 4.69) is 4.84 Å². The van der Waals surface area contributed by atoms with Gasteiger partial charge in [0.15, 0.2) is 0 Å². The summed E-state index contributed by atoms with van der Waals surface area (Å²) in [7, 11) is 1.37. The molecule has 0 amide bonds. The van der Waals surface area contributed by atoms with Gasteiger partial charge in [-0.25, -0.2) is 14.7 Å². The van der Waals surface area contributed by atoms with Gasteiger partial charge in [-0.15, -0.1) is 0 Å². The van der Waals surface area contributed by atoms with Crippen LogP contribution in [0.3, 0.4) is 0 Å². The highest BCUT2D eigenvalue weighted by Crippen LogP contribution is 2.35. The van der Waals surface area contributed by atoms with E-state index < -0.39 is 5.92 Å². The standard InChI is InChI=1S/C11H15F2NO2/c1-11(12,13)9-7-8(5-6-16-14)3-4-10(9)15-2/h3-4,7H,5-6,14H2,1-2H3. The summed E-state index contributed by atoms with van der Waals surface area (Å²) in [6.07, 6.45) is 0.490. The third-order valence-electron chi connectivity index (χ3n) is 2.25. The van der Waals surface area contributed by atoms with E-state index in [1.807, 2.05) is 0 Å². The van der Waals surface area contributed by atoms with Crippen LogP contribution >= 0.6 is 0 Å². The van der Waals surface area contributed by atoms with Crippen LogP contribution in [-0.4, -0.2) is 13.7 Å². The van der Waals surface area contributed by atoms with Gasteiger partial charge >= 0.3 is 0 Å². The minimum Gasteiger partial charge on any atom is -0.496 e. The summed E-state index contributed by atoms with van der Waals surface area (Å²) in [4.78, 5) is 4.41. The number of alkyl halides is 2. The second kappa shape index (κ2) is 5.23. The molecule has 0 aliphatic heterocycles. The molecule has 1 aromatic carbocycles. The van der Waals surface area contributed by atoms with Crippen LogP contribution < -0.4 is 10.6 Å². The van der Waals surface area contributed by atoms with Gasteiger partial charge < -0.3 is 9.57 Å². The quantitative estimate of drug-likeness (QED) is 0.790. The Labute approximate surface area is 93.1 Å². The predicted octanol–water partition coefficient (Wildman–Crippen LogP) is 2.24. The molecule has 1 aromatic rings. The molecule has 0 heterocycles. The molecule has 0 aliphatic rings. The Balaban J connectivity index is 3.02. The van der Waals surface area contributed by atoms with Crippen LogP contribution in [0, 0.1) is 0 Å². The Morgan fingerprint density at radius 2 is 2.06 bits per heavy atom. The average Bonchev–Trinajstić information content (AvgIpc) is 2.24. The zero-order chi connectivity index (χ0) is 12.2. The Bertz CT molecular complexity index is 350. The van der Waals surface area contributed by atoms with Crippen LogP contribution in [0.2, 0.25) is 0 Å². The Morgan fingerprint density at radius 1 is 1.38 bits per heavy atom. The molecule has 0 atom stereocenters. The van der Waals surface area contributed by atoms with Gasteiger partial charge in [0.1, 0.15) is 5.75 Å². The molecule has 0 aromatic heterocycles. The summed E-state index contributed by atoms with van der Waals surface area (Å²) in [6, 6.07) is 4.66. The zero-order valence-corrected chi connectivity index (χ0v) is 9.30. The molecule has 1 rings (SSSR count). The minimum atomic E-state index is -2.93. The fourth-order valence-corrected chi connectivity index (χ4v) is 1.43. The van der Waals surface area contributed by atoms with Crippen molar-refractivity contribution in [3.63, 3.8) is 0 Å². The second-order valence-electron chi connectivity index (χ2n) is 3.54. The van der Waals surface area contributed by atoms with E-state index in [0.717, 1.165) is 12.5 Å². The van der Waals surface area contributed by atoms with Gasteiger partial charge in [0.05, 0.1) is 19.3 Å². The molecule has 90 valence electrons. The molecule has 0 spiro atoms. The van der Waals surface area contributed by atoms with Crippen molar-refractivity contribution in [3.05, 3.63) is 29.3 Å². The summed E-state index contributed by atoms with van der Waals surface area (Å²) in [5.41, 5.74) is 0.618. The largest absolute Gasteiger partial charge is 0.496 e. The second-order valence-corrected chi connectivity index (χ2v) is 3.54. The minimum absolute atomic E-state index is 0.121. The number of rotatable bonds is 5. The lowest BCUT2D eigenvalue weighted by molar-refractivity contribution is 0.0149. The molecular weight excluding hydrogens is 216 g/mol. The van der Waals surface area contributed by atoms with Crippen molar-refractivity contribution in [2.45, 2.75) is 19.3 Å². The summed E-state index contributed by atoms with van der Waals surface area (Å²) < 4.78 is 31.4. The fourth-order valence-electron chi connectivity index (χ4n) is 1.43. The van der Waals surface area contributed by atoms with Crippen LogP contribution in [-0.2, 0) is 17.2 Å². The van der Waals surface area contributed by atoms with E-state index in [9.17, 15) is 8.78 Å². The lowest BCUT2D eigenvalue weighted by atomic mass is 10.0. The zero-order valence-electron chi connectivity index (χ0n) is 9.30. The van der Waals surface area contributed by atoms with E-state index >= 15 is 0 Å². The topological polar surface area (TPSA) is 44.5 Å². The number of ether oxygens (including phenoxy) is 1. The lowest BCUT2D eigenvalue weighted by Gasteiger charge is -2.16. The van der Waals surface area contributed by atoms with Crippen molar-refractivity contribution in [1.29, 1.82) is 0 Å². The van der Waals surface area contributed by atoms with Gasteiger partial charge in [0.25, 0.3) is 5.92 Å². The SMILES string of the molecule is COc1ccc(CCON)cc1C(C)(F)F. The lowest BCUT2D eigenvalue weighted by Crippen LogP contribution is -2.11. The number of hydrogen-bond acceptors (Lipinski definition) is 3. The Hall–Kier alpha value is -1.20. The van der Waals surface area contributed by atoms with Crippen LogP contribution in [0.25, 0.3) is 0 Å². The van der Waals surface area contributed by atoms with Crippen molar-refractivity contribution in [2.75, 3.05) is 13.7 Å². The molecule has 0 fully saturated rings. The molecule has 0 radical (unpaired) electrons. The van der Waals surface area contributed by atoms with Gasteiger partial charge in [-0.05, 0) is 24.1 Å². The number of hydrogen-bond donors (Lipinski definition) is 1. The molecule has 2 N–H and O–H groups in total. The van der Waals surface area contributed by atoms with Crippen molar-refractivity contribution in [2.24, 2.45) is 5.90 Å². The maximum Gasteiger partial charge on any atom is 0.274 e. The molecule has 0 saturated heterocycles. The van der Waals surface area contributed by atoms with E-state index in [-0.39, 0.29) is 11.3 Å². The summed E-state index contributed by atoms with van der Waals surface area (Å²) in [6.45, 7) is 1.13. The molecule has 3 nitrogen and oxygen atoms in total. The average molecular weight is 231 g/mol. The van der Waals surface area contributed by atoms with Crippen molar-refractivity contribution < 1.29 is 18.4 Å². The Kier molecular flexibility index (Phi) is 4.20. The van der Waals surface area contributed by atoms with Gasteiger partial charge in [0, 0.05) is 6.92 Å². The van der Waals surface area contributed by atoms with Crippen LogP contribution in [0.5, 0.6) is 5.75 Å². The molecule has 5 heteroatoms. The van der Waals surface area contributed by atoms with Crippen molar-refractivity contribution >= 4 is 0 Å². The third-order valence-corrected chi connectivity index (χ3v) is 2.25. The highest BCUT2D eigenvalue weighted by molar-refractivity contribution is 5.40. The third kappa shape index (κ3) is 3.15. The smallest absolute Gasteiger partial charge is 0.274 e. The number of methoxy groups -OCH3 is 1. The van der Waals surface area contributed by atoms with Gasteiger partial charge in [-0.3, -0.25) is 0 Å². The normalized spacial score (nSPS) is 11.6. The fraction of sp³-hybridized carbons (Fsp3) is 0.455. The Morgan fingerprint density at radius 3 is 2.56 bits per heavy atom. The maximum absolute atomic E-state index is 13.3. The summed E-state index contributed by atoms with van der Waals surface area (Å²) in [5, 5.41) is 0. The van der Waals surface area contributed by atoms with E-state index in [4.69, 9.17) is 10.6 Å². The molecular formula is C11H15F2NO2. The summed E-state index contributed by atoms with van der Waals surface area (Å²) >= 11 is 0. The first-order valence-electron chi connectivity index (χ1n) is 4.86. The maximum atomic E-state index is 13.3. The van der Waals surface area contributed by atoms with E-state index in [1.165, 1.54) is 19.2 Å². The number of benzene rings is 1. The molecule has 16 heavy (non-hydrogen) atoms. The molecule has 0 saturated carbocycles. The van der Waals surface area contributed by atoms with Crippen LogP contribution in [0.15, 0.2) is 18.2 Å². The van der Waals surface area contributed by atoms with Gasteiger partial charge in [0.2, 0.25) is 0 Å². The first-order chi connectivity index (χ1) is 7.49. The van der Waals surface area contributed by atoms with Crippen molar-refractivity contribution in [1.82, 2.24) is 0 Å². The van der Waals surface area contributed by atoms with Crippen LogP contribution in [0.4, 0.5) is 8.78 Å². The van der Waals surface area contributed by atoms with Gasteiger partial charge in [-0.2, -0.15) is 0 Å². The predicted molar refractivity (Wildman–Crippen MR) is 56.4 cm³/mol. The van der Waals surface area contributed by atoms with E-state index in [1.54, 1.807) is 6.07 Å². The number of halogens is 2. The first kappa shape index (κ1) is 12.9. The first-order valence-corrected chi connectivity index (χ1v) is 4.86. The highest BCUT2D eigenvalue weighted by Gasteiger charge is 2.28. The van der Waals surface area contributed by atoms with Gasteiger partial charge in [-0.1, -0.05) is 6.07 Å². The summed E-state index contributed by atoms with van der Waals surface area (Å²) in [5.74, 6) is 2.14.